The average Bonchev–Trinajstić information content (AvgIpc) is 3.16. The van der Waals surface area contributed by atoms with E-state index in [1.54, 1.807) is 44.4 Å². The molecule has 1 aromatic carbocycles. The summed E-state index contributed by atoms with van der Waals surface area (Å²) in [5.74, 6) is 1.15. The number of benzene rings is 1. The number of methoxy groups -OCH3 is 2. The van der Waals surface area contributed by atoms with Gasteiger partial charge in [-0.05, 0) is 24.3 Å². The zero-order valence-electron chi connectivity index (χ0n) is 14.6. The second-order valence-corrected chi connectivity index (χ2v) is 5.41. The minimum absolute atomic E-state index is 0.0855. The van der Waals surface area contributed by atoms with Crippen molar-refractivity contribution >= 4 is 11.8 Å². The number of nitrogens with zero attached hydrogens (tertiary/aromatic N) is 1. The van der Waals surface area contributed by atoms with E-state index in [0.29, 0.717) is 18.0 Å². The van der Waals surface area contributed by atoms with Gasteiger partial charge < -0.3 is 24.1 Å². The van der Waals surface area contributed by atoms with E-state index < -0.39 is 0 Å². The molecule has 0 bridgehead atoms. The van der Waals surface area contributed by atoms with Crippen LogP contribution in [0.5, 0.6) is 11.5 Å². The van der Waals surface area contributed by atoms with Gasteiger partial charge in [-0.3, -0.25) is 9.59 Å². The highest BCUT2D eigenvalue weighted by atomic mass is 16.5. The van der Waals surface area contributed by atoms with E-state index >= 15 is 0 Å². The van der Waals surface area contributed by atoms with E-state index in [2.05, 4.69) is 5.32 Å². The molecule has 7 heteroatoms. The van der Waals surface area contributed by atoms with Crippen LogP contribution in [-0.4, -0.2) is 44.5 Å². The molecule has 7 nitrogen and oxygen atoms in total. The van der Waals surface area contributed by atoms with E-state index in [4.69, 9.17) is 13.9 Å². The summed E-state index contributed by atoms with van der Waals surface area (Å²) in [6, 6.07) is 8.66. The molecule has 0 saturated carbocycles. The van der Waals surface area contributed by atoms with Crippen LogP contribution < -0.4 is 14.8 Å². The first kappa shape index (κ1) is 18.4. The summed E-state index contributed by atoms with van der Waals surface area (Å²) < 4.78 is 15.5. The minimum atomic E-state index is -0.336. The van der Waals surface area contributed by atoms with Gasteiger partial charge in [0.1, 0.15) is 11.5 Å². The molecule has 0 atom stereocenters. The zero-order chi connectivity index (χ0) is 18.2. The predicted molar refractivity (Wildman–Crippen MR) is 91.7 cm³/mol. The second-order valence-electron chi connectivity index (χ2n) is 5.41. The molecule has 0 fully saturated rings. The number of carbonyl (C=O) groups is 2. The third-order valence-electron chi connectivity index (χ3n) is 3.70. The maximum atomic E-state index is 12.2. The molecule has 2 amide bonds. The van der Waals surface area contributed by atoms with Crippen molar-refractivity contribution in [2.45, 2.75) is 13.0 Å². The van der Waals surface area contributed by atoms with E-state index in [-0.39, 0.29) is 30.5 Å². The van der Waals surface area contributed by atoms with E-state index in [1.807, 2.05) is 12.1 Å². The van der Waals surface area contributed by atoms with E-state index in [9.17, 15) is 9.59 Å². The molecular formula is C18H22N2O5. The van der Waals surface area contributed by atoms with Crippen LogP contribution in [0.1, 0.15) is 22.5 Å². The highest BCUT2D eigenvalue weighted by Gasteiger charge is 2.14. The third-order valence-corrected chi connectivity index (χ3v) is 3.70. The number of hydrogen-bond donors (Lipinski definition) is 1. The molecule has 1 N–H and O–H groups in total. The van der Waals surface area contributed by atoms with Crippen LogP contribution in [0.25, 0.3) is 0 Å². The first-order valence-corrected chi connectivity index (χ1v) is 7.81. The van der Waals surface area contributed by atoms with E-state index in [0.717, 1.165) is 5.56 Å². The Morgan fingerprint density at radius 2 is 2.00 bits per heavy atom. The summed E-state index contributed by atoms with van der Waals surface area (Å²) in [7, 11) is 4.87. The van der Waals surface area contributed by atoms with E-state index in [1.165, 1.54) is 6.26 Å². The summed E-state index contributed by atoms with van der Waals surface area (Å²) in [6.07, 6.45) is 1.62. The van der Waals surface area contributed by atoms with Gasteiger partial charge in [0.2, 0.25) is 5.91 Å². The van der Waals surface area contributed by atoms with Crippen LogP contribution in [0.15, 0.2) is 41.0 Å². The smallest absolute Gasteiger partial charge is 0.286 e. The molecule has 2 rings (SSSR count). The standard InChI is InChI=1S/C18H22N2O5/c1-20(12-13-6-7-14(23-2)11-16(13)24-3)17(21)8-9-19-18(22)15-5-4-10-25-15/h4-7,10-11H,8-9,12H2,1-3H3,(H,19,22). The molecule has 25 heavy (non-hydrogen) atoms. The molecule has 0 saturated heterocycles. The fourth-order valence-electron chi connectivity index (χ4n) is 2.29. The lowest BCUT2D eigenvalue weighted by atomic mass is 10.1. The molecule has 134 valence electrons. The van der Waals surface area contributed by atoms with Gasteiger partial charge in [0.25, 0.3) is 5.91 Å². The van der Waals surface area contributed by atoms with Crippen LogP contribution in [0.2, 0.25) is 0 Å². The van der Waals surface area contributed by atoms with Crippen LogP contribution >= 0.6 is 0 Å². The number of furan rings is 1. The lowest BCUT2D eigenvalue weighted by Gasteiger charge is -2.19. The SMILES string of the molecule is COc1ccc(CN(C)C(=O)CCNC(=O)c2ccco2)c(OC)c1. The van der Waals surface area contributed by atoms with Crippen molar-refractivity contribution in [2.24, 2.45) is 0 Å². The number of amides is 2. The first-order chi connectivity index (χ1) is 12.0. The van der Waals surface area contributed by atoms with Crippen molar-refractivity contribution in [3.05, 3.63) is 47.9 Å². The largest absolute Gasteiger partial charge is 0.497 e. The molecule has 0 aliphatic heterocycles. The molecule has 1 heterocycles. The number of rotatable bonds is 8. The maximum Gasteiger partial charge on any atom is 0.286 e. The monoisotopic (exact) mass is 346 g/mol. The Hall–Kier alpha value is -2.96. The number of nitrogens with one attached hydrogen (secondary N) is 1. The third kappa shape index (κ3) is 5.00. The Morgan fingerprint density at radius 3 is 2.64 bits per heavy atom. The number of ether oxygens (including phenoxy) is 2. The molecule has 0 aliphatic carbocycles. The van der Waals surface area contributed by atoms with Crippen LogP contribution in [0.4, 0.5) is 0 Å². The van der Waals surface area contributed by atoms with Crippen LogP contribution in [0, 0.1) is 0 Å². The molecular weight excluding hydrogens is 324 g/mol. The Kier molecular flexibility index (Phi) is 6.45. The zero-order valence-corrected chi connectivity index (χ0v) is 14.6. The van der Waals surface area contributed by atoms with Crippen molar-refractivity contribution in [1.82, 2.24) is 10.2 Å². The lowest BCUT2D eigenvalue weighted by Crippen LogP contribution is -2.31. The Morgan fingerprint density at radius 1 is 1.20 bits per heavy atom. The van der Waals surface area contributed by atoms with Crippen LogP contribution in [-0.2, 0) is 11.3 Å². The average molecular weight is 346 g/mol. The van der Waals surface area contributed by atoms with Crippen LogP contribution in [0.3, 0.4) is 0 Å². The summed E-state index contributed by atoms with van der Waals surface area (Å²) in [5, 5.41) is 2.65. The van der Waals surface area contributed by atoms with Crippen molar-refractivity contribution in [3.63, 3.8) is 0 Å². The van der Waals surface area contributed by atoms with Crippen molar-refractivity contribution < 1.29 is 23.5 Å². The van der Waals surface area contributed by atoms with Gasteiger partial charge in [-0.15, -0.1) is 0 Å². The maximum absolute atomic E-state index is 12.2. The fraction of sp³-hybridized carbons (Fsp3) is 0.333. The van der Waals surface area contributed by atoms with Gasteiger partial charge in [-0.1, -0.05) is 0 Å². The van der Waals surface area contributed by atoms with Crippen molar-refractivity contribution in [3.8, 4) is 11.5 Å². The Labute approximate surface area is 146 Å². The molecule has 2 aromatic rings. The Balaban J connectivity index is 1.85. The van der Waals surface area contributed by atoms with Gasteiger partial charge >= 0.3 is 0 Å². The summed E-state index contributed by atoms with van der Waals surface area (Å²) >= 11 is 0. The molecule has 0 unspecified atom stereocenters. The first-order valence-electron chi connectivity index (χ1n) is 7.81. The van der Waals surface area contributed by atoms with Gasteiger partial charge in [-0.25, -0.2) is 0 Å². The topological polar surface area (TPSA) is 81.0 Å². The molecule has 0 aliphatic rings. The van der Waals surface area contributed by atoms with Gasteiger partial charge in [0.05, 0.1) is 20.5 Å². The molecule has 1 aromatic heterocycles. The fourth-order valence-corrected chi connectivity index (χ4v) is 2.29. The van der Waals surface area contributed by atoms with Gasteiger partial charge in [-0.2, -0.15) is 0 Å². The number of hydrogen-bond acceptors (Lipinski definition) is 5. The quantitative estimate of drug-likeness (QED) is 0.791. The summed E-state index contributed by atoms with van der Waals surface area (Å²) in [5.41, 5.74) is 0.874. The van der Waals surface area contributed by atoms with Crippen molar-refractivity contribution in [1.29, 1.82) is 0 Å². The van der Waals surface area contributed by atoms with Gasteiger partial charge in [0, 0.05) is 38.2 Å². The van der Waals surface area contributed by atoms with Gasteiger partial charge in [0.15, 0.2) is 5.76 Å². The predicted octanol–water partition coefficient (Wildman–Crippen LogP) is 2.08. The normalized spacial score (nSPS) is 10.2. The highest BCUT2D eigenvalue weighted by Crippen LogP contribution is 2.25. The van der Waals surface area contributed by atoms with Crippen molar-refractivity contribution in [2.75, 3.05) is 27.8 Å². The summed E-state index contributed by atoms with van der Waals surface area (Å²) in [6.45, 7) is 0.639. The highest BCUT2D eigenvalue weighted by molar-refractivity contribution is 5.91. The minimum Gasteiger partial charge on any atom is -0.497 e. The number of carbonyl (C=O) groups excluding carboxylic acids is 2. The second kappa shape index (κ2) is 8.77. The Bertz CT molecular complexity index is 712. The summed E-state index contributed by atoms with van der Waals surface area (Å²) in [4.78, 5) is 25.5. The molecule has 0 radical (unpaired) electrons. The lowest BCUT2D eigenvalue weighted by molar-refractivity contribution is -0.130. The molecule has 0 spiro atoms.